The van der Waals surface area contributed by atoms with E-state index in [2.05, 4.69) is 20.4 Å². The van der Waals surface area contributed by atoms with E-state index in [-0.39, 0.29) is 24.1 Å². The third-order valence-corrected chi connectivity index (χ3v) is 5.66. The van der Waals surface area contributed by atoms with Crippen LogP contribution in [0.4, 0.5) is 10.3 Å². The van der Waals surface area contributed by atoms with E-state index >= 15 is 0 Å². The van der Waals surface area contributed by atoms with Crippen LogP contribution in [-0.2, 0) is 4.74 Å². The summed E-state index contributed by atoms with van der Waals surface area (Å²) in [5.74, 6) is -0.115. The van der Waals surface area contributed by atoms with Crippen LogP contribution in [0, 0.1) is 5.82 Å². The van der Waals surface area contributed by atoms with Gasteiger partial charge >= 0.3 is 0 Å². The Hall–Kier alpha value is -2.88. The first-order chi connectivity index (χ1) is 15.5. The summed E-state index contributed by atoms with van der Waals surface area (Å²) in [7, 11) is 0. The number of nitrogens with one attached hydrogen (secondary N) is 1. The summed E-state index contributed by atoms with van der Waals surface area (Å²) in [5.41, 5.74) is 1.19. The van der Waals surface area contributed by atoms with Crippen LogP contribution in [0.3, 0.4) is 0 Å². The maximum atomic E-state index is 14.0. The molecule has 0 bridgehead atoms. The number of anilines is 1. The second-order valence-electron chi connectivity index (χ2n) is 7.53. The molecular weight excluding hydrogens is 437 g/mol. The predicted octanol–water partition coefficient (Wildman–Crippen LogP) is 3.06. The van der Waals surface area contributed by atoms with Gasteiger partial charge in [0, 0.05) is 43.7 Å². The van der Waals surface area contributed by atoms with E-state index in [0.29, 0.717) is 36.0 Å². The zero-order valence-corrected chi connectivity index (χ0v) is 18.0. The SMILES string of the molecule is O=c1cc(-c2ccnc(NC3CCOCC3)n2)cnn1[C@H](CCO)c1ccc(Cl)c(F)c1. The van der Waals surface area contributed by atoms with Crippen LogP contribution in [0.2, 0.25) is 5.02 Å². The molecule has 0 aliphatic carbocycles. The summed E-state index contributed by atoms with van der Waals surface area (Å²) in [6.45, 7) is 1.20. The van der Waals surface area contributed by atoms with Crippen LogP contribution in [0.25, 0.3) is 11.3 Å². The molecule has 0 radical (unpaired) electrons. The highest BCUT2D eigenvalue weighted by atomic mass is 35.5. The van der Waals surface area contributed by atoms with E-state index in [1.165, 1.54) is 29.1 Å². The highest BCUT2D eigenvalue weighted by molar-refractivity contribution is 6.30. The molecular formula is C22H23ClFN5O3. The number of aliphatic hydroxyl groups is 1. The van der Waals surface area contributed by atoms with Gasteiger partial charge in [-0.15, -0.1) is 0 Å². The van der Waals surface area contributed by atoms with Gasteiger partial charge in [-0.2, -0.15) is 5.10 Å². The Morgan fingerprint density at radius 3 is 2.81 bits per heavy atom. The second kappa shape index (κ2) is 10.2. The Morgan fingerprint density at radius 1 is 1.28 bits per heavy atom. The molecule has 0 unspecified atom stereocenters. The molecule has 1 saturated heterocycles. The van der Waals surface area contributed by atoms with Gasteiger partial charge in [-0.25, -0.2) is 19.0 Å². The Labute approximate surface area is 189 Å². The lowest BCUT2D eigenvalue weighted by Gasteiger charge is -2.23. The fourth-order valence-corrected chi connectivity index (χ4v) is 3.80. The van der Waals surface area contributed by atoms with Crippen LogP contribution in [0.1, 0.15) is 30.9 Å². The monoisotopic (exact) mass is 459 g/mol. The van der Waals surface area contributed by atoms with E-state index in [1.807, 2.05) is 0 Å². The molecule has 1 atom stereocenters. The second-order valence-corrected chi connectivity index (χ2v) is 7.93. The molecule has 10 heteroatoms. The fourth-order valence-electron chi connectivity index (χ4n) is 3.68. The molecule has 32 heavy (non-hydrogen) atoms. The zero-order chi connectivity index (χ0) is 22.5. The van der Waals surface area contributed by atoms with Gasteiger partial charge in [0.25, 0.3) is 5.56 Å². The van der Waals surface area contributed by atoms with Gasteiger partial charge in [0.1, 0.15) is 5.82 Å². The molecule has 8 nitrogen and oxygen atoms in total. The maximum absolute atomic E-state index is 14.0. The van der Waals surface area contributed by atoms with Gasteiger partial charge in [-0.3, -0.25) is 4.79 Å². The highest BCUT2D eigenvalue weighted by Gasteiger charge is 2.19. The number of benzene rings is 1. The van der Waals surface area contributed by atoms with Crippen molar-refractivity contribution >= 4 is 17.5 Å². The Morgan fingerprint density at radius 2 is 2.09 bits per heavy atom. The lowest BCUT2D eigenvalue weighted by atomic mass is 10.0. The standard InChI is InChI=1S/C22H23ClFN5O3/c23-17-2-1-14(11-18(17)24)20(4-8-30)29-21(31)12-15(13-26-29)19-3-7-25-22(28-19)27-16-5-9-32-10-6-16/h1-3,7,11-13,16,20,30H,4-6,8-10H2,(H,25,27,28)/t20-/m1/s1. The summed E-state index contributed by atoms with van der Waals surface area (Å²) in [6, 6.07) is 7.02. The summed E-state index contributed by atoms with van der Waals surface area (Å²) in [5, 5.41) is 17.1. The minimum absolute atomic E-state index is 0.0129. The van der Waals surface area contributed by atoms with Crippen LogP contribution in [0.5, 0.6) is 0 Å². The van der Waals surface area contributed by atoms with E-state index in [4.69, 9.17) is 16.3 Å². The van der Waals surface area contributed by atoms with E-state index in [1.54, 1.807) is 18.3 Å². The van der Waals surface area contributed by atoms with E-state index in [0.717, 1.165) is 12.8 Å². The molecule has 0 saturated carbocycles. The molecule has 1 aliphatic heterocycles. The lowest BCUT2D eigenvalue weighted by Crippen LogP contribution is -2.29. The van der Waals surface area contributed by atoms with Gasteiger partial charge in [0.05, 0.1) is 23.0 Å². The number of aliphatic hydroxyl groups excluding tert-OH is 1. The molecule has 1 fully saturated rings. The molecule has 4 rings (SSSR count). The molecule has 2 aromatic heterocycles. The minimum Gasteiger partial charge on any atom is -0.396 e. The smallest absolute Gasteiger partial charge is 0.267 e. The third-order valence-electron chi connectivity index (χ3n) is 5.36. The summed E-state index contributed by atoms with van der Waals surface area (Å²) >= 11 is 5.77. The summed E-state index contributed by atoms with van der Waals surface area (Å²) in [4.78, 5) is 21.7. The van der Waals surface area contributed by atoms with Crippen molar-refractivity contribution in [3.63, 3.8) is 0 Å². The van der Waals surface area contributed by atoms with Crippen molar-refractivity contribution in [2.24, 2.45) is 0 Å². The number of hydrogen-bond acceptors (Lipinski definition) is 7. The Kier molecular flexibility index (Phi) is 7.09. The van der Waals surface area contributed by atoms with Gasteiger partial charge in [0.2, 0.25) is 5.95 Å². The average Bonchev–Trinajstić information content (AvgIpc) is 2.80. The number of aromatic nitrogens is 4. The molecule has 0 spiro atoms. The van der Waals surface area contributed by atoms with Crippen molar-refractivity contribution in [1.82, 2.24) is 19.7 Å². The highest BCUT2D eigenvalue weighted by Crippen LogP contribution is 2.25. The Balaban J connectivity index is 1.60. The van der Waals surface area contributed by atoms with Crippen molar-refractivity contribution in [3.8, 4) is 11.3 Å². The van der Waals surface area contributed by atoms with E-state index in [9.17, 15) is 14.3 Å². The lowest BCUT2D eigenvalue weighted by molar-refractivity contribution is 0.0903. The average molecular weight is 460 g/mol. The number of nitrogens with zero attached hydrogens (tertiary/aromatic N) is 4. The maximum Gasteiger partial charge on any atom is 0.267 e. The van der Waals surface area contributed by atoms with Crippen LogP contribution in [0.15, 0.2) is 47.5 Å². The fraction of sp³-hybridized carbons (Fsp3) is 0.364. The van der Waals surface area contributed by atoms with Crippen molar-refractivity contribution in [3.05, 3.63) is 69.5 Å². The van der Waals surface area contributed by atoms with Crippen molar-refractivity contribution in [2.75, 3.05) is 25.1 Å². The molecule has 168 valence electrons. The number of hydrogen-bond donors (Lipinski definition) is 2. The number of rotatable bonds is 7. The quantitative estimate of drug-likeness (QED) is 0.559. The molecule has 1 aromatic carbocycles. The van der Waals surface area contributed by atoms with Gasteiger partial charge in [0.15, 0.2) is 0 Å². The number of ether oxygens (including phenoxy) is 1. The molecule has 2 N–H and O–H groups in total. The molecule has 1 aliphatic rings. The first-order valence-corrected chi connectivity index (χ1v) is 10.8. The molecule has 3 aromatic rings. The Bertz CT molecular complexity index is 1140. The van der Waals surface area contributed by atoms with Gasteiger partial charge in [-0.1, -0.05) is 17.7 Å². The van der Waals surface area contributed by atoms with Crippen molar-refractivity contribution in [1.29, 1.82) is 0 Å². The largest absolute Gasteiger partial charge is 0.396 e. The van der Waals surface area contributed by atoms with Gasteiger partial charge < -0.3 is 15.2 Å². The van der Waals surface area contributed by atoms with E-state index < -0.39 is 17.4 Å². The first kappa shape index (κ1) is 22.3. The number of halogens is 2. The molecule has 3 heterocycles. The van der Waals surface area contributed by atoms with Crippen molar-refractivity contribution < 1.29 is 14.2 Å². The van der Waals surface area contributed by atoms with Crippen LogP contribution in [-0.4, -0.2) is 50.7 Å². The van der Waals surface area contributed by atoms with Crippen LogP contribution >= 0.6 is 11.6 Å². The summed E-state index contributed by atoms with van der Waals surface area (Å²) < 4.78 is 20.6. The van der Waals surface area contributed by atoms with Gasteiger partial charge in [-0.05, 0) is 43.0 Å². The topological polar surface area (TPSA) is 102 Å². The normalized spacial score (nSPS) is 15.5. The summed E-state index contributed by atoms with van der Waals surface area (Å²) in [6.07, 6.45) is 5.10. The zero-order valence-electron chi connectivity index (χ0n) is 17.2. The minimum atomic E-state index is -0.635. The van der Waals surface area contributed by atoms with Crippen LogP contribution < -0.4 is 10.9 Å². The molecule has 0 amide bonds. The van der Waals surface area contributed by atoms with Crippen molar-refractivity contribution in [2.45, 2.75) is 31.3 Å². The third kappa shape index (κ3) is 5.12. The predicted molar refractivity (Wildman–Crippen MR) is 118 cm³/mol. The first-order valence-electron chi connectivity index (χ1n) is 10.4.